The zero-order valence-electron chi connectivity index (χ0n) is 19.1. The molecule has 13 heteroatoms. The molecule has 0 aromatic carbocycles. The minimum Gasteiger partial charge on any atom is -0.481 e. The lowest BCUT2D eigenvalue weighted by atomic mass is 10.0. The van der Waals surface area contributed by atoms with E-state index in [9.17, 15) is 29.1 Å². The third-order valence-electron chi connectivity index (χ3n) is 4.71. The fourth-order valence-corrected chi connectivity index (χ4v) is 3.06. The summed E-state index contributed by atoms with van der Waals surface area (Å²) >= 11 is 3.96. The van der Waals surface area contributed by atoms with Crippen molar-refractivity contribution in [3.63, 3.8) is 0 Å². The predicted molar refractivity (Wildman–Crippen MR) is 124 cm³/mol. The Balaban J connectivity index is 5.48. The SMILES string of the molecule is CC(C)CC(NC(=O)C(N)CS)C(=O)NC(CCC(=O)O)C(=O)NC(CCCCN)C(=O)O. The summed E-state index contributed by atoms with van der Waals surface area (Å²) in [6.07, 6.45) is 0.708. The van der Waals surface area contributed by atoms with Gasteiger partial charge in [-0.2, -0.15) is 12.6 Å². The van der Waals surface area contributed by atoms with E-state index in [4.69, 9.17) is 16.6 Å². The minimum absolute atomic E-state index is 0.00138. The highest BCUT2D eigenvalue weighted by Gasteiger charge is 2.30. The number of carbonyl (C=O) groups excluding carboxylic acids is 3. The van der Waals surface area contributed by atoms with Crippen molar-refractivity contribution < 1.29 is 34.2 Å². The summed E-state index contributed by atoms with van der Waals surface area (Å²) in [5.41, 5.74) is 11.1. The number of carboxylic acids is 2. The van der Waals surface area contributed by atoms with Gasteiger partial charge in [0.2, 0.25) is 17.7 Å². The molecule has 4 atom stereocenters. The van der Waals surface area contributed by atoms with Crippen LogP contribution in [0.1, 0.15) is 52.4 Å². The molecule has 9 N–H and O–H groups in total. The van der Waals surface area contributed by atoms with E-state index in [2.05, 4.69) is 28.6 Å². The van der Waals surface area contributed by atoms with E-state index in [1.165, 1.54) is 0 Å². The molecule has 0 aliphatic carbocycles. The Morgan fingerprint density at radius 3 is 1.88 bits per heavy atom. The third kappa shape index (κ3) is 13.0. The molecule has 33 heavy (non-hydrogen) atoms. The van der Waals surface area contributed by atoms with Crippen molar-refractivity contribution in [1.82, 2.24) is 16.0 Å². The fraction of sp³-hybridized carbons (Fsp3) is 0.750. The summed E-state index contributed by atoms with van der Waals surface area (Å²) in [4.78, 5) is 60.3. The molecule has 0 radical (unpaired) electrons. The van der Waals surface area contributed by atoms with Gasteiger partial charge >= 0.3 is 11.9 Å². The molecule has 0 heterocycles. The number of thiol groups is 1. The van der Waals surface area contributed by atoms with Crippen molar-refractivity contribution in [1.29, 1.82) is 0 Å². The molecule has 4 unspecified atom stereocenters. The first kappa shape index (κ1) is 30.6. The average Bonchev–Trinajstić information content (AvgIpc) is 2.73. The normalized spacial score (nSPS) is 14.6. The second kappa shape index (κ2) is 16.3. The number of hydrogen-bond acceptors (Lipinski definition) is 8. The number of aliphatic carboxylic acids is 2. The van der Waals surface area contributed by atoms with Crippen molar-refractivity contribution in [2.45, 2.75) is 76.5 Å². The van der Waals surface area contributed by atoms with Gasteiger partial charge in [-0.1, -0.05) is 13.8 Å². The summed E-state index contributed by atoms with van der Waals surface area (Å²) in [7, 11) is 0. The van der Waals surface area contributed by atoms with Crippen molar-refractivity contribution in [3.8, 4) is 0 Å². The molecule has 0 saturated heterocycles. The molecule has 190 valence electrons. The zero-order valence-corrected chi connectivity index (χ0v) is 20.0. The maximum Gasteiger partial charge on any atom is 0.326 e. The van der Waals surface area contributed by atoms with Crippen LogP contribution in [0, 0.1) is 5.92 Å². The Bertz CT molecular complexity index is 677. The number of nitrogens with one attached hydrogen (secondary N) is 3. The number of carboxylic acid groups (broad SMARTS) is 2. The highest BCUT2D eigenvalue weighted by molar-refractivity contribution is 7.80. The average molecular weight is 492 g/mol. The molecule has 3 amide bonds. The first-order valence-corrected chi connectivity index (χ1v) is 11.5. The van der Waals surface area contributed by atoms with Gasteiger partial charge in [0.1, 0.15) is 18.1 Å². The van der Waals surface area contributed by atoms with E-state index in [0.717, 1.165) is 0 Å². The second-order valence-electron chi connectivity index (χ2n) is 8.16. The number of carbonyl (C=O) groups is 5. The van der Waals surface area contributed by atoms with Gasteiger partial charge in [0.15, 0.2) is 0 Å². The lowest BCUT2D eigenvalue weighted by molar-refractivity contribution is -0.143. The molecule has 0 aliphatic heterocycles. The Kier molecular flexibility index (Phi) is 15.1. The molecule has 0 saturated carbocycles. The number of amides is 3. The van der Waals surface area contributed by atoms with Crippen LogP contribution in [0.5, 0.6) is 0 Å². The molecule has 0 fully saturated rings. The van der Waals surface area contributed by atoms with Crippen LogP contribution in [-0.2, 0) is 24.0 Å². The Morgan fingerprint density at radius 1 is 0.848 bits per heavy atom. The quantitative estimate of drug-likeness (QED) is 0.0906. The zero-order chi connectivity index (χ0) is 25.6. The van der Waals surface area contributed by atoms with Crippen LogP contribution in [-0.4, -0.2) is 76.3 Å². The van der Waals surface area contributed by atoms with E-state index in [0.29, 0.717) is 19.4 Å². The number of hydrogen-bond donors (Lipinski definition) is 8. The monoisotopic (exact) mass is 491 g/mol. The Labute approximate surface area is 199 Å². The van der Waals surface area contributed by atoms with Crippen molar-refractivity contribution in [3.05, 3.63) is 0 Å². The summed E-state index contributed by atoms with van der Waals surface area (Å²) in [5.74, 6) is -4.51. The van der Waals surface area contributed by atoms with Crippen LogP contribution in [0.3, 0.4) is 0 Å². The van der Waals surface area contributed by atoms with Gasteiger partial charge in [-0.15, -0.1) is 0 Å². The molecule has 0 rings (SSSR count). The van der Waals surface area contributed by atoms with Crippen molar-refractivity contribution >= 4 is 42.3 Å². The number of nitrogens with two attached hydrogens (primary N) is 2. The molecule has 12 nitrogen and oxygen atoms in total. The second-order valence-corrected chi connectivity index (χ2v) is 8.52. The summed E-state index contributed by atoms with van der Waals surface area (Å²) in [6.45, 7) is 4.04. The van der Waals surface area contributed by atoms with Gasteiger partial charge in [-0.05, 0) is 44.6 Å². The van der Waals surface area contributed by atoms with Gasteiger partial charge in [0.05, 0.1) is 6.04 Å². The van der Waals surface area contributed by atoms with E-state index in [1.54, 1.807) is 0 Å². The topological polar surface area (TPSA) is 214 Å². The highest BCUT2D eigenvalue weighted by atomic mass is 32.1. The van der Waals surface area contributed by atoms with Gasteiger partial charge in [-0.3, -0.25) is 19.2 Å². The molecule has 0 spiro atoms. The third-order valence-corrected chi connectivity index (χ3v) is 5.11. The first-order valence-electron chi connectivity index (χ1n) is 10.8. The van der Waals surface area contributed by atoms with E-state index in [1.807, 2.05) is 13.8 Å². The highest BCUT2D eigenvalue weighted by Crippen LogP contribution is 2.08. The van der Waals surface area contributed by atoms with Crippen LogP contribution in [0.2, 0.25) is 0 Å². The number of rotatable bonds is 17. The predicted octanol–water partition coefficient (Wildman–Crippen LogP) is -1.18. The van der Waals surface area contributed by atoms with Crippen molar-refractivity contribution in [2.24, 2.45) is 17.4 Å². The summed E-state index contributed by atoms with van der Waals surface area (Å²) in [5, 5.41) is 25.7. The van der Waals surface area contributed by atoms with E-state index >= 15 is 0 Å². The summed E-state index contributed by atoms with van der Waals surface area (Å²) in [6, 6.07) is -4.49. The molecule has 0 aromatic heterocycles. The van der Waals surface area contributed by atoms with Crippen LogP contribution in [0.25, 0.3) is 0 Å². The van der Waals surface area contributed by atoms with Crippen LogP contribution in [0.4, 0.5) is 0 Å². The lowest BCUT2D eigenvalue weighted by Gasteiger charge is -2.25. The van der Waals surface area contributed by atoms with E-state index in [-0.39, 0.29) is 30.9 Å². The van der Waals surface area contributed by atoms with Gasteiger partial charge in [0, 0.05) is 12.2 Å². The largest absolute Gasteiger partial charge is 0.481 e. The molecule has 0 aliphatic rings. The van der Waals surface area contributed by atoms with Crippen LogP contribution >= 0.6 is 12.6 Å². The van der Waals surface area contributed by atoms with E-state index < -0.39 is 60.2 Å². The smallest absolute Gasteiger partial charge is 0.326 e. The maximum atomic E-state index is 12.9. The Hall–Kier alpha value is -2.38. The molecule has 0 aromatic rings. The lowest BCUT2D eigenvalue weighted by Crippen LogP contribution is -2.57. The minimum atomic E-state index is -1.31. The number of unbranched alkanes of at least 4 members (excludes halogenated alkanes) is 1. The van der Waals surface area contributed by atoms with Crippen molar-refractivity contribution in [2.75, 3.05) is 12.3 Å². The molecular weight excluding hydrogens is 454 g/mol. The van der Waals surface area contributed by atoms with Crippen LogP contribution in [0.15, 0.2) is 0 Å². The standard InChI is InChI=1S/C20H37N5O7S/c1-11(2)9-15(25-17(28)12(22)10-33)19(30)23-13(6-7-16(26)27)18(29)24-14(20(31)32)5-3-4-8-21/h11-15,33H,3-10,21-22H2,1-2H3,(H,23,30)(H,24,29)(H,25,28)(H,26,27)(H,31,32). The van der Waals surface area contributed by atoms with Gasteiger partial charge in [-0.25, -0.2) is 4.79 Å². The first-order chi connectivity index (χ1) is 15.4. The Morgan fingerprint density at radius 2 is 1.39 bits per heavy atom. The maximum absolute atomic E-state index is 12.9. The molecular formula is C20H37N5O7S. The van der Waals surface area contributed by atoms with Gasteiger partial charge in [0.25, 0.3) is 0 Å². The van der Waals surface area contributed by atoms with Crippen LogP contribution < -0.4 is 27.4 Å². The van der Waals surface area contributed by atoms with Gasteiger partial charge < -0.3 is 37.6 Å². The fourth-order valence-electron chi connectivity index (χ4n) is 2.90. The summed E-state index contributed by atoms with van der Waals surface area (Å²) < 4.78 is 0. The molecule has 0 bridgehead atoms.